The monoisotopic (exact) mass is 365 g/mol. The van der Waals surface area contributed by atoms with Crippen LogP contribution in [0.25, 0.3) is 6.08 Å². The number of hydrogen-bond acceptors (Lipinski definition) is 6. The van der Waals surface area contributed by atoms with Crippen molar-refractivity contribution in [2.75, 3.05) is 27.9 Å². The van der Waals surface area contributed by atoms with Crippen molar-refractivity contribution in [1.29, 1.82) is 0 Å². The van der Waals surface area contributed by atoms with Crippen molar-refractivity contribution in [2.24, 2.45) is 0 Å². The molecule has 0 N–H and O–H groups in total. The summed E-state index contributed by atoms with van der Waals surface area (Å²) in [5.41, 5.74) is 0.702. The van der Waals surface area contributed by atoms with Crippen molar-refractivity contribution in [3.63, 3.8) is 0 Å². The molecule has 0 unspecified atom stereocenters. The van der Waals surface area contributed by atoms with E-state index in [0.29, 0.717) is 34.3 Å². The van der Waals surface area contributed by atoms with E-state index in [2.05, 4.69) is 6.92 Å². The molecule has 7 heteroatoms. The van der Waals surface area contributed by atoms with Gasteiger partial charge in [0.05, 0.1) is 26.2 Å². The molecule has 0 aromatic heterocycles. The summed E-state index contributed by atoms with van der Waals surface area (Å²) in [4.78, 5) is 26.3. The number of imide groups is 1. The number of rotatable bonds is 8. The number of nitrogens with zero attached hydrogens (tertiary/aromatic N) is 1. The van der Waals surface area contributed by atoms with Crippen molar-refractivity contribution < 1.29 is 23.8 Å². The Hall–Kier alpha value is -2.15. The van der Waals surface area contributed by atoms with Gasteiger partial charge >= 0.3 is 0 Å². The molecule has 0 spiro atoms. The Bertz CT molecular complexity index is 661. The van der Waals surface area contributed by atoms with Gasteiger partial charge in [-0.15, -0.1) is 0 Å². The maximum absolute atomic E-state index is 12.5. The van der Waals surface area contributed by atoms with Crippen molar-refractivity contribution in [2.45, 2.75) is 26.2 Å². The molecule has 25 heavy (non-hydrogen) atoms. The maximum Gasteiger partial charge on any atom is 0.293 e. The second-order valence-corrected chi connectivity index (χ2v) is 6.49. The largest absolute Gasteiger partial charge is 0.493 e. The molecule has 0 aliphatic carbocycles. The molecule has 0 bridgehead atoms. The van der Waals surface area contributed by atoms with Crippen LogP contribution < -0.4 is 14.2 Å². The minimum atomic E-state index is -0.250. The number of ether oxygens (including phenoxy) is 3. The summed E-state index contributed by atoms with van der Waals surface area (Å²) >= 11 is 0.957. The van der Waals surface area contributed by atoms with Crippen LogP contribution in [0.15, 0.2) is 17.0 Å². The lowest BCUT2D eigenvalue weighted by Gasteiger charge is -2.13. The molecule has 1 saturated heterocycles. The van der Waals surface area contributed by atoms with Gasteiger partial charge in [-0.25, -0.2) is 0 Å². The van der Waals surface area contributed by atoms with Crippen LogP contribution in [0, 0.1) is 0 Å². The minimum absolute atomic E-state index is 0.222. The summed E-state index contributed by atoms with van der Waals surface area (Å²) in [6, 6.07) is 3.48. The van der Waals surface area contributed by atoms with E-state index in [1.807, 2.05) is 0 Å². The van der Waals surface area contributed by atoms with Gasteiger partial charge in [-0.2, -0.15) is 0 Å². The van der Waals surface area contributed by atoms with Crippen LogP contribution >= 0.6 is 11.8 Å². The second kappa shape index (κ2) is 8.80. The molecule has 1 heterocycles. The Kier molecular flexibility index (Phi) is 6.75. The summed E-state index contributed by atoms with van der Waals surface area (Å²) in [5.74, 6) is 1.22. The van der Waals surface area contributed by atoms with Crippen LogP contribution in [0.3, 0.4) is 0 Å². The van der Waals surface area contributed by atoms with Crippen LogP contribution in [0.2, 0.25) is 0 Å². The zero-order valence-corrected chi connectivity index (χ0v) is 15.8. The quantitative estimate of drug-likeness (QED) is 0.514. The average molecular weight is 365 g/mol. The normalized spacial score (nSPS) is 15.8. The van der Waals surface area contributed by atoms with Gasteiger partial charge in [-0.3, -0.25) is 14.5 Å². The third-order valence-corrected chi connectivity index (χ3v) is 4.75. The molecule has 1 aromatic carbocycles. The number of thioether (sulfide) groups is 1. The number of hydrogen-bond donors (Lipinski definition) is 0. The van der Waals surface area contributed by atoms with Crippen LogP contribution in [0.1, 0.15) is 31.7 Å². The van der Waals surface area contributed by atoms with Gasteiger partial charge in [-0.1, -0.05) is 19.8 Å². The lowest BCUT2D eigenvalue weighted by atomic mass is 10.1. The summed E-state index contributed by atoms with van der Waals surface area (Å²) < 4.78 is 15.9. The highest BCUT2D eigenvalue weighted by molar-refractivity contribution is 8.18. The number of carbonyl (C=O) groups excluding carboxylic acids is 2. The van der Waals surface area contributed by atoms with E-state index in [1.165, 1.54) is 26.2 Å². The van der Waals surface area contributed by atoms with Gasteiger partial charge in [0.1, 0.15) is 0 Å². The van der Waals surface area contributed by atoms with Gasteiger partial charge in [0, 0.05) is 6.54 Å². The molecular weight excluding hydrogens is 342 g/mol. The third-order valence-electron chi connectivity index (χ3n) is 3.84. The molecule has 0 radical (unpaired) electrons. The Morgan fingerprint density at radius 1 is 1.04 bits per heavy atom. The topological polar surface area (TPSA) is 65.1 Å². The van der Waals surface area contributed by atoms with Crippen LogP contribution in [-0.2, 0) is 4.79 Å². The van der Waals surface area contributed by atoms with Gasteiger partial charge < -0.3 is 14.2 Å². The third kappa shape index (κ3) is 4.28. The highest BCUT2D eigenvalue weighted by atomic mass is 32.2. The fraction of sp³-hybridized carbons (Fsp3) is 0.444. The lowest BCUT2D eigenvalue weighted by molar-refractivity contribution is -0.122. The van der Waals surface area contributed by atoms with Crippen molar-refractivity contribution in [3.8, 4) is 17.2 Å². The number of unbranched alkanes of at least 4 members (excludes halogenated alkanes) is 2. The second-order valence-electron chi connectivity index (χ2n) is 5.50. The molecule has 2 amide bonds. The summed E-state index contributed by atoms with van der Waals surface area (Å²) in [6.07, 6.45) is 4.53. The molecule has 1 fully saturated rings. The molecule has 2 rings (SSSR count). The maximum atomic E-state index is 12.5. The SMILES string of the molecule is CCCCCN1C(=O)S/C(=C\c2cc(OC)c(OC)c(OC)c2)C1=O. The molecule has 1 aliphatic rings. The van der Waals surface area contributed by atoms with E-state index in [9.17, 15) is 9.59 Å². The summed E-state index contributed by atoms with van der Waals surface area (Å²) in [6.45, 7) is 2.54. The highest BCUT2D eigenvalue weighted by Crippen LogP contribution is 2.40. The Morgan fingerprint density at radius 2 is 1.68 bits per heavy atom. The standard InChI is InChI=1S/C18H23NO5S/c1-5-6-7-8-19-17(20)15(25-18(19)21)11-12-9-13(22-2)16(24-4)14(10-12)23-3/h9-11H,5-8H2,1-4H3/b15-11-. The number of benzene rings is 1. The first-order chi connectivity index (χ1) is 12.0. The van der Waals surface area contributed by atoms with Crippen molar-refractivity contribution in [1.82, 2.24) is 4.90 Å². The summed E-state index contributed by atoms with van der Waals surface area (Å²) in [7, 11) is 4.59. The molecule has 6 nitrogen and oxygen atoms in total. The number of amides is 2. The number of carbonyl (C=O) groups is 2. The highest BCUT2D eigenvalue weighted by Gasteiger charge is 2.34. The molecule has 136 valence electrons. The average Bonchev–Trinajstić information content (AvgIpc) is 2.88. The van der Waals surface area contributed by atoms with E-state index < -0.39 is 0 Å². The van der Waals surface area contributed by atoms with Gasteiger partial charge in [0.25, 0.3) is 11.1 Å². The molecule has 0 atom stereocenters. The van der Waals surface area contributed by atoms with Gasteiger partial charge in [0.2, 0.25) is 5.75 Å². The first-order valence-electron chi connectivity index (χ1n) is 8.11. The zero-order chi connectivity index (χ0) is 18.4. The summed E-state index contributed by atoms with van der Waals surface area (Å²) in [5, 5.41) is -0.222. The lowest BCUT2D eigenvalue weighted by Crippen LogP contribution is -2.29. The van der Waals surface area contributed by atoms with Crippen LogP contribution in [0.4, 0.5) is 4.79 Å². The molecular formula is C18H23NO5S. The Balaban J connectivity index is 2.28. The predicted octanol–water partition coefficient (Wildman–Crippen LogP) is 3.94. The fourth-order valence-corrected chi connectivity index (χ4v) is 3.41. The molecule has 1 aromatic rings. The molecule has 0 saturated carbocycles. The van der Waals surface area contributed by atoms with Crippen molar-refractivity contribution in [3.05, 3.63) is 22.6 Å². The van der Waals surface area contributed by atoms with E-state index in [0.717, 1.165) is 31.0 Å². The van der Waals surface area contributed by atoms with E-state index >= 15 is 0 Å². The Morgan fingerprint density at radius 3 is 2.20 bits per heavy atom. The fourth-order valence-electron chi connectivity index (χ4n) is 2.55. The van der Waals surface area contributed by atoms with Crippen molar-refractivity contribution >= 4 is 29.0 Å². The molecule has 1 aliphatic heterocycles. The van der Waals surface area contributed by atoms with Gasteiger partial charge in [0.15, 0.2) is 11.5 Å². The van der Waals surface area contributed by atoms with E-state index in [-0.39, 0.29) is 11.1 Å². The van der Waals surface area contributed by atoms with E-state index in [4.69, 9.17) is 14.2 Å². The smallest absolute Gasteiger partial charge is 0.293 e. The van der Waals surface area contributed by atoms with Crippen LogP contribution in [0.5, 0.6) is 17.2 Å². The Labute approximate surface area is 152 Å². The zero-order valence-electron chi connectivity index (χ0n) is 15.0. The predicted molar refractivity (Wildman–Crippen MR) is 98.3 cm³/mol. The number of methoxy groups -OCH3 is 3. The first kappa shape index (κ1) is 19.2. The minimum Gasteiger partial charge on any atom is -0.493 e. The van der Waals surface area contributed by atoms with Crippen LogP contribution in [-0.4, -0.2) is 43.9 Å². The van der Waals surface area contributed by atoms with E-state index in [1.54, 1.807) is 18.2 Å². The van der Waals surface area contributed by atoms with Gasteiger partial charge in [-0.05, 0) is 42.0 Å². The first-order valence-corrected chi connectivity index (χ1v) is 8.92.